The van der Waals surface area contributed by atoms with E-state index >= 15 is 0 Å². The Hall–Kier alpha value is -6.09. The summed E-state index contributed by atoms with van der Waals surface area (Å²) in [5, 5.41) is 8.53. The van der Waals surface area contributed by atoms with E-state index in [-0.39, 0.29) is 0 Å². The van der Waals surface area contributed by atoms with Crippen LogP contribution in [0.5, 0.6) is 23.0 Å². The maximum atomic E-state index is 12.8. The number of hydrogen-bond donors (Lipinski definition) is 0. The second-order valence-corrected chi connectivity index (χ2v) is 13.4. The minimum absolute atomic E-state index is 0.386. The standard InChI is InChI=1S/C47H51N3O6/c1-3-5-7-8-9-10-11-12-33-54-42-28-20-38(21-29-42)47(52)56-45-15-13-14-41(34-45)48-35-36-16-26-44(27-17-36)55-46(51)37-18-22-39(23-19-37)49-50-40-24-30-43(31-25-40)53-32-6-4-2/h13-31,34-35H,3-12,32-33H2,1-2H3. The minimum Gasteiger partial charge on any atom is -0.494 e. The molecule has 0 spiro atoms. The number of esters is 2. The number of ether oxygens (including phenoxy) is 4. The molecular weight excluding hydrogens is 703 g/mol. The van der Waals surface area contributed by atoms with Crippen molar-refractivity contribution in [3.8, 4) is 23.0 Å². The average Bonchev–Trinajstić information content (AvgIpc) is 3.23. The number of carbonyl (C=O) groups is 2. The zero-order chi connectivity index (χ0) is 39.2. The highest BCUT2D eigenvalue weighted by Crippen LogP contribution is 2.24. The van der Waals surface area contributed by atoms with Crippen molar-refractivity contribution in [2.24, 2.45) is 15.2 Å². The van der Waals surface area contributed by atoms with Crippen LogP contribution >= 0.6 is 0 Å². The lowest BCUT2D eigenvalue weighted by molar-refractivity contribution is 0.0725. The first kappa shape index (κ1) is 41.1. The Morgan fingerprint density at radius 1 is 0.482 bits per heavy atom. The third-order valence-corrected chi connectivity index (χ3v) is 8.83. The van der Waals surface area contributed by atoms with Gasteiger partial charge in [0, 0.05) is 12.3 Å². The van der Waals surface area contributed by atoms with Crippen LogP contribution in [0.4, 0.5) is 17.1 Å². The second-order valence-electron chi connectivity index (χ2n) is 13.4. The predicted molar refractivity (Wildman–Crippen MR) is 222 cm³/mol. The molecule has 0 N–H and O–H groups in total. The van der Waals surface area contributed by atoms with Gasteiger partial charge in [-0.05, 0) is 128 Å². The molecule has 0 atom stereocenters. The van der Waals surface area contributed by atoms with Crippen LogP contribution in [0.2, 0.25) is 0 Å². The van der Waals surface area contributed by atoms with Crippen LogP contribution in [-0.4, -0.2) is 31.4 Å². The third-order valence-electron chi connectivity index (χ3n) is 8.83. The minimum atomic E-state index is -0.488. The van der Waals surface area contributed by atoms with Gasteiger partial charge in [0.05, 0.1) is 41.4 Å². The lowest BCUT2D eigenvalue weighted by atomic mass is 10.1. The highest BCUT2D eigenvalue weighted by molar-refractivity contribution is 5.92. The van der Waals surface area contributed by atoms with Gasteiger partial charge in [-0.1, -0.05) is 71.3 Å². The number of unbranched alkanes of at least 4 members (excludes halogenated alkanes) is 8. The van der Waals surface area contributed by atoms with Crippen LogP contribution in [0.3, 0.4) is 0 Å². The Morgan fingerprint density at radius 2 is 0.964 bits per heavy atom. The summed E-state index contributed by atoms with van der Waals surface area (Å²) < 4.78 is 22.7. The molecule has 0 saturated heterocycles. The molecule has 0 saturated carbocycles. The highest BCUT2D eigenvalue weighted by Gasteiger charge is 2.11. The summed E-state index contributed by atoms with van der Waals surface area (Å²) >= 11 is 0. The molecule has 0 heterocycles. The van der Waals surface area contributed by atoms with E-state index in [0.717, 1.165) is 36.3 Å². The molecule has 0 unspecified atom stereocenters. The van der Waals surface area contributed by atoms with Gasteiger partial charge in [-0.15, -0.1) is 0 Å². The Kier molecular flexibility index (Phi) is 16.9. The predicted octanol–water partition coefficient (Wildman–Crippen LogP) is 13.0. The van der Waals surface area contributed by atoms with Gasteiger partial charge in [0.2, 0.25) is 0 Å². The van der Waals surface area contributed by atoms with Gasteiger partial charge >= 0.3 is 11.9 Å². The summed E-state index contributed by atoms with van der Waals surface area (Å²) in [5.74, 6) is 1.38. The molecule has 0 fully saturated rings. The summed E-state index contributed by atoms with van der Waals surface area (Å²) in [6.45, 7) is 5.72. The van der Waals surface area contributed by atoms with Gasteiger partial charge < -0.3 is 18.9 Å². The lowest BCUT2D eigenvalue weighted by Crippen LogP contribution is -2.08. The average molecular weight is 754 g/mol. The molecule has 0 aliphatic carbocycles. The SMILES string of the molecule is CCCCCCCCCCOc1ccc(C(=O)Oc2cccc(N=Cc3ccc(OC(=O)c4ccc(N=Nc5ccc(OCCCC)cc5)cc4)cc3)c2)cc1. The smallest absolute Gasteiger partial charge is 0.343 e. The molecule has 0 aliphatic heterocycles. The van der Waals surface area contributed by atoms with Crippen molar-refractivity contribution in [1.29, 1.82) is 0 Å². The van der Waals surface area contributed by atoms with Gasteiger partial charge in [-0.2, -0.15) is 10.2 Å². The first-order valence-corrected chi connectivity index (χ1v) is 19.6. The van der Waals surface area contributed by atoms with Crippen molar-refractivity contribution in [1.82, 2.24) is 0 Å². The van der Waals surface area contributed by atoms with E-state index in [4.69, 9.17) is 18.9 Å². The number of nitrogens with zero attached hydrogens (tertiary/aromatic N) is 3. The zero-order valence-electron chi connectivity index (χ0n) is 32.4. The third kappa shape index (κ3) is 14.3. The summed E-state index contributed by atoms with van der Waals surface area (Å²) in [4.78, 5) is 30.1. The van der Waals surface area contributed by atoms with Crippen molar-refractivity contribution in [3.63, 3.8) is 0 Å². The Labute approximate surface area is 330 Å². The van der Waals surface area contributed by atoms with E-state index in [0.29, 0.717) is 52.9 Å². The van der Waals surface area contributed by atoms with Crippen LogP contribution in [0.25, 0.3) is 0 Å². The van der Waals surface area contributed by atoms with Crippen molar-refractivity contribution in [2.75, 3.05) is 13.2 Å². The summed E-state index contributed by atoms with van der Waals surface area (Å²) in [6.07, 6.45) is 13.8. The number of rotatable bonds is 22. The summed E-state index contributed by atoms with van der Waals surface area (Å²) in [6, 6.07) is 35.2. The number of benzene rings is 5. The molecule has 0 aliphatic rings. The van der Waals surface area contributed by atoms with Crippen LogP contribution in [-0.2, 0) is 0 Å². The quantitative estimate of drug-likeness (QED) is 0.0229. The molecule has 5 aromatic rings. The van der Waals surface area contributed by atoms with E-state index in [9.17, 15) is 9.59 Å². The highest BCUT2D eigenvalue weighted by atomic mass is 16.5. The van der Waals surface area contributed by atoms with E-state index in [2.05, 4.69) is 29.1 Å². The molecule has 0 bridgehead atoms. The van der Waals surface area contributed by atoms with E-state index in [1.54, 1.807) is 97.2 Å². The van der Waals surface area contributed by atoms with Gasteiger partial charge in [0.15, 0.2) is 0 Å². The fourth-order valence-electron chi connectivity index (χ4n) is 5.57. The maximum Gasteiger partial charge on any atom is 0.343 e. The monoisotopic (exact) mass is 753 g/mol. The molecule has 56 heavy (non-hydrogen) atoms. The molecule has 290 valence electrons. The Morgan fingerprint density at radius 3 is 1.57 bits per heavy atom. The molecule has 5 rings (SSSR count). The number of azo groups is 1. The van der Waals surface area contributed by atoms with E-state index in [1.807, 2.05) is 30.3 Å². The second kappa shape index (κ2) is 23.0. The van der Waals surface area contributed by atoms with Crippen molar-refractivity contribution in [2.45, 2.75) is 78.1 Å². The van der Waals surface area contributed by atoms with Crippen LogP contribution in [0, 0.1) is 0 Å². The van der Waals surface area contributed by atoms with Gasteiger partial charge in [0.1, 0.15) is 23.0 Å². The molecule has 9 nitrogen and oxygen atoms in total. The van der Waals surface area contributed by atoms with Gasteiger partial charge in [-0.25, -0.2) is 9.59 Å². The van der Waals surface area contributed by atoms with E-state index < -0.39 is 11.9 Å². The molecule has 9 heteroatoms. The van der Waals surface area contributed by atoms with Gasteiger partial charge in [-0.3, -0.25) is 4.99 Å². The number of carbonyl (C=O) groups excluding carboxylic acids is 2. The van der Waals surface area contributed by atoms with Crippen LogP contribution in [0.15, 0.2) is 137 Å². The van der Waals surface area contributed by atoms with Crippen molar-refractivity contribution < 1.29 is 28.5 Å². The van der Waals surface area contributed by atoms with Crippen molar-refractivity contribution >= 4 is 35.2 Å². The number of hydrogen-bond acceptors (Lipinski definition) is 9. The Balaban J connectivity index is 1.04. The normalized spacial score (nSPS) is 11.2. The molecule has 5 aromatic carbocycles. The first-order chi connectivity index (χ1) is 27.5. The topological polar surface area (TPSA) is 108 Å². The number of aliphatic imine (C=N–C) groups is 1. The lowest BCUT2D eigenvalue weighted by Gasteiger charge is -2.08. The largest absolute Gasteiger partial charge is 0.494 e. The fourth-order valence-corrected chi connectivity index (χ4v) is 5.57. The molecule has 0 aromatic heterocycles. The zero-order valence-corrected chi connectivity index (χ0v) is 32.4. The molecule has 0 radical (unpaired) electrons. The fraction of sp³-hybridized carbons (Fsp3) is 0.298. The maximum absolute atomic E-state index is 12.8. The van der Waals surface area contributed by atoms with Crippen LogP contribution < -0.4 is 18.9 Å². The Bertz CT molecular complexity index is 1990. The summed E-state index contributed by atoms with van der Waals surface area (Å²) in [5.41, 5.74) is 3.54. The summed E-state index contributed by atoms with van der Waals surface area (Å²) in [7, 11) is 0. The first-order valence-electron chi connectivity index (χ1n) is 19.6. The van der Waals surface area contributed by atoms with Crippen molar-refractivity contribution in [3.05, 3.63) is 138 Å². The van der Waals surface area contributed by atoms with Gasteiger partial charge in [0.25, 0.3) is 0 Å². The molecular formula is C47H51N3O6. The van der Waals surface area contributed by atoms with E-state index in [1.165, 1.54) is 44.9 Å². The molecule has 0 amide bonds. The van der Waals surface area contributed by atoms with Crippen LogP contribution in [0.1, 0.15) is 104 Å².